The van der Waals surface area contributed by atoms with Crippen LogP contribution in [0.15, 0.2) is 48.5 Å². The third kappa shape index (κ3) is 4.39. The van der Waals surface area contributed by atoms with Crippen molar-refractivity contribution in [3.05, 3.63) is 65.5 Å². The SMILES string of the molecule is CCOC(=O)c1ccc(N2C(=O)CC(N(C(=O)c3ccccc3F)C(C)CC)C2=O)cc1. The van der Waals surface area contributed by atoms with E-state index in [9.17, 15) is 23.6 Å². The standard InChI is InChI=1S/C24H25FN2O5/c1-4-15(3)26(22(29)18-8-6-7-9-19(18)25)20-14-21(28)27(23(20)30)17-12-10-16(11-13-17)24(31)32-5-2/h6-13,15,20H,4-5,14H2,1-3H3. The Kier molecular flexibility index (Phi) is 7.02. The van der Waals surface area contributed by atoms with E-state index in [1.54, 1.807) is 19.9 Å². The Bertz CT molecular complexity index is 1040. The number of carbonyl (C=O) groups excluding carboxylic acids is 4. The van der Waals surface area contributed by atoms with Gasteiger partial charge in [-0.15, -0.1) is 0 Å². The van der Waals surface area contributed by atoms with Crippen LogP contribution in [0.25, 0.3) is 0 Å². The lowest BCUT2D eigenvalue weighted by atomic mass is 10.1. The summed E-state index contributed by atoms with van der Waals surface area (Å²) < 4.78 is 19.2. The summed E-state index contributed by atoms with van der Waals surface area (Å²) in [5, 5.41) is 0. The molecule has 0 spiro atoms. The number of hydrogen-bond acceptors (Lipinski definition) is 5. The van der Waals surface area contributed by atoms with Gasteiger partial charge in [-0.1, -0.05) is 19.1 Å². The van der Waals surface area contributed by atoms with E-state index in [1.807, 2.05) is 6.92 Å². The predicted octanol–water partition coefficient (Wildman–Crippen LogP) is 3.58. The van der Waals surface area contributed by atoms with E-state index in [2.05, 4.69) is 0 Å². The molecule has 1 aliphatic rings. The van der Waals surface area contributed by atoms with Crippen LogP contribution in [0.3, 0.4) is 0 Å². The number of benzene rings is 2. The van der Waals surface area contributed by atoms with Crippen LogP contribution in [0.4, 0.5) is 10.1 Å². The van der Waals surface area contributed by atoms with Gasteiger partial charge in [0, 0.05) is 6.04 Å². The number of anilines is 1. The lowest BCUT2D eigenvalue weighted by Gasteiger charge is -2.33. The molecule has 1 heterocycles. The quantitative estimate of drug-likeness (QED) is 0.485. The minimum Gasteiger partial charge on any atom is -0.462 e. The van der Waals surface area contributed by atoms with Crippen molar-refractivity contribution < 1.29 is 28.3 Å². The van der Waals surface area contributed by atoms with Gasteiger partial charge in [0.25, 0.3) is 11.8 Å². The second-order valence-electron chi connectivity index (χ2n) is 7.50. The van der Waals surface area contributed by atoms with Crippen molar-refractivity contribution in [2.24, 2.45) is 0 Å². The molecule has 168 valence electrons. The molecule has 1 fully saturated rings. The molecular formula is C24H25FN2O5. The van der Waals surface area contributed by atoms with Crippen molar-refractivity contribution >= 4 is 29.4 Å². The molecule has 0 N–H and O–H groups in total. The fourth-order valence-electron chi connectivity index (χ4n) is 3.68. The van der Waals surface area contributed by atoms with Crippen LogP contribution in [0.2, 0.25) is 0 Å². The van der Waals surface area contributed by atoms with E-state index in [-0.39, 0.29) is 24.3 Å². The molecule has 8 heteroatoms. The van der Waals surface area contributed by atoms with Crippen LogP contribution < -0.4 is 4.90 Å². The molecule has 1 aliphatic heterocycles. The average molecular weight is 440 g/mol. The number of nitrogens with zero attached hydrogens (tertiary/aromatic N) is 2. The highest BCUT2D eigenvalue weighted by atomic mass is 19.1. The zero-order chi connectivity index (χ0) is 23.4. The monoisotopic (exact) mass is 440 g/mol. The molecule has 3 amide bonds. The molecule has 2 unspecified atom stereocenters. The molecule has 7 nitrogen and oxygen atoms in total. The van der Waals surface area contributed by atoms with Crippen LogP contribution in [-0.2, 0) is 14.3 Å². The third-order valence-corrected chi connectivity index (χ3v) is 5.50. The lowest BCUT2D eigenvalue weighted by molar-refractivity contribution is -0.122. The van der Waals surface area contributed by atoms with Gasteiger partial charge in [-0.05, 0) is 56.7 Å². The molecule has 0 bridgehead atoms. The normalized spacial score (nSPS) is 16.8. The molecule has 2 atom stereocenters. The second-order valence-corrected chi connectivity index (χ2v) is 7.50. The maximum absolute atomic E-state index is 14.3. The van der Waals surface area contributed by atoms with Crippen molar-refractivity contribution in [3.8, 4) is 0 Å². The van der Waals surface area contributed by atoms with Crippen molar-refractivity contribution in [3.63, 3.8) is 0 Å². The summed E-state index contributed by atoms with van der Waals surface area (Å²) in [6.45, 7) is 5.53. The highest BCUT2D eigenvalue weighted by Gasteiger charge is 2.46. The number of esters is 1. The van der Waals surface area contributed by atoms with E-state index < -0.39 is 41.6 Å². The number of carbonyl (C=O) groups is 4. The summed E-state index contributed by atoms with van der Waals surface area (Å²) in [5.74, 6) is -2.87. The van der Waals surface area contributed by atoms with Gasteiger partial charge in [-0.2, -0.15) is 0 Å². The van der Waals surface area contributed by atoms with Gasteiger partial charge < -0.3 is 9.64 Å². The van der Waals surface area contributed by atoms with Crippen LogP contribution in [0.1, 0.15) is 54.3 Å². The number of hydrogen-bond donors (Lipinski definition) is 0. The van der Waals surface area contributed by atoms with Crippen LogP contribution in [0, 0.1) is 5.82 Å². The van der Waals surface area contributed by atoms with Gasteiger partial charge in [0.2, 0.25) is 5.91 Å². The van der Waals surface area contributed by atoms with Gasteiger partial charge in [-0.3, -0.25) is 14.4 Å². The minimum atomic E-state index is -1.05. The first-order chi connectivity index (χ1) is 15.3. The molecule has 0 radical (unpaired) electrons. The zero-order valence-corrected chi connectivity index (χ0v) is 18.2. The van der Waals surface area contributed by atoms with Crippen molar-refractivity contribution in [1.29, 1.82) is 0 Å². The summed E-state index contributed by atoms with van der Waals surface area (Å²) >= 11 is 0. The molecule has 0 saturated carbocycles. The van der Waals surface area contributed by atoms with Gasteiger partial charge >= 0.3 is 5.97 Å². The van der Waals surface area contributed by atoms with Crippen molar-refractivity contribution in [2.75, 3.05) is 11.5 Å². The summed E-state index contributed by atoms with van der Waals surface area (Å²) in [5.41, 5.74) is 0.436. The van der Waals surface area contributed by atoms with Crippen LogP contribution in [0.5, 0.6) is 0 Å². The maximum atomic E-state index is 14.3. The highest BCUT2D eigenvalue weighted by molar-refractivity contribution is 6.23. The van der Waals surface area contributed by atoms with E-state index >= 15 is 0 Å². The molecule has 32 heavy (non-hydrogen) atoms. The number of ether oxygens (including phenoxy) is 1. The maximum Gasteiger partial charge on any atom is 0.338 e. The number of halogens is 1. The Morgan fingerprint density at radius 1 is 1.12 bits per heavy atom. The van der Waals surface area contributed by atoms with Crippen LogP contribution >= 0.6 is 0 Å². The lowest BCUT2D eigenvalue weighted by Crippen LogP contribution is -2.50. The number of imide groups is 1. The highest BCUT2D eigenvalue weighted by Crippen LogP contribution is 2.29. The summed E-state index contributed by atoms with van der Waals surface area (Å²) in [6, 6.07) is 10.0. The molecule has 1 saturated heterocycles. The Morgan fingerprint density at radius 2 is 1.78 bits per heavy atom. The van der Waals surface area contributed by atoms with Crippen molar-refractivity contribution in [2.45, 2.75) is 45.7 Å². The van der Waals surface area contributed by atoms with E-state index in [0.717, 1.165) is 4.90 Å². The topological polar surface area (TPSA) is 84.0 Å². The zero-order valence-electron chi connectivity index (χ0n) is 18.2. The first kappa shape index (κ1) is 23.1. The van der Waals surface area contributed by atoms with Gasteiger partial charge in [0.15, 0.2) is 0 Å². The van der Waals surface area contributed by atoms with Crippen LogP contribution in [-0.4, -0.2) is 47.3 Å². The first-order valence-electron chi connectivity index (χ1n) is 10.5. The average Bonchev–Trinajstić information content (AvgIpc) is 3.07. The van der Waals surface area contributed by atoms with E-state index in [4.69, 9.17) is 4.74 Å². The molecule has 0 aliphatic carbocycles. The Balaban J connectivity index is 1.90. The summed E-state index contributed by atoms with van der Waals surface area (Å²) in [4.78, 5) is 53.3. The summed E-state index contributed by atoms with van der Waals surface area (Å²) in [6.07, 6.45) is 0.315. The van der Waals surface area contributed by atoms with Gasteiger partial charge in [0.05, 0.1) is 29.8 Å². The van der Waals surface area contributed by atoms with Gasteiger partial charge in [0.1, 0.15) is 11.9 Å². The summed E-state index contributed by atoms with van der Waals surface area (Å²) in [7, 11) is 0. The Labute approximate surface area is 185 Å². The number of amides is 3. The minimum absolute atomic E-state index is 0.148. The molecule has 0 aromatic heterocycles. The fraction of sp³-hybridized carbons (Fsp3) is 0.333. The Morgan fingerprint density at radius 3 is 2.38 bits per heavy atom. The molecule has 2 aromatic rings. The van der Waals surface area contributed by atoms with E-state index in [1.165, 1.54) is 47.4 Å². The molecular weight excluding hydrogens is 415 g/mol. The largest absolute Gasteiger partial charge is 0.462 e. The predicted molar refractivity (Wildman–Crippen MR) is 116 cm³/mol. The number of rotatable bonds is 7. The smallest absolute Gasteiger partial charge is 0.338 e. The fourth-order valence-corrected chi connectivity index (χ4v) is 3.68. The Hall–Kier alpha value is -3.55. The molecule has 2 aromatic carbocycles. The van der Waals surface area contributed by atoms with E-state index in [0.29, 0.717) is 12.0 Å². The molecule has 3 rings (SSSR count). The second kappa shape index (κ2) is 9.72. The first-order valence-corrected chi connectivity index (χ1v) is 10.5. The third-order valence-electron chi connectivity index (χ3n) is 5.50. The van der Waals surface area contributed by atoms with Gasteiger partial charge in [-0.25, -0.2) is 14.1 Å². The van der Waals surface area contributed by atoms with Crippen molar-refractivity contribution in [1.82, 2.24) is 4.90 Å².